The molecular weight excluding hydrogens is 795 g/mol. The maximum atomic E-state index is 13.4. The summed E-state index contributed by atoms with van der Waals surface area (Å²) in [6.45, 7) is 16.6. The van der Waals surface area contributed by atoms with Crippen LogP contribution in [0.3, 0.4) is 0 Å². The minimum absolute atomic E-state index is 0.197. The molecule has 6 rings (SSSR count). The van der Waals surface area contributed by atoms with E-state index in [9.17, 15) is 36.9 Å². The summed E-state index contributed by atoms with van der Waals surface area (Å²) in [7, 11) is 0. The Morgan fingerprint density at radius 1 is 0.596 bits per heavy atom. The smallest absolute Gasteiger partial charge is 0.227 e. The second-order valence-electron chi connectivity index (χ2n) is 11.7. The van der Waals surface area contributed by atoms with Gasteiger partial charge in [0.15, 0.2) is 0 Å². The van der Waals surface area contributed by atoms with Crippen molar-refractivity contribution in [2.45, 2.75) is 39.0 Å². The molecule has 2 unspecified atom stereocenters. The van der Waals surface area contributed by atoms with Gasteiger partial charge in [-0.2, -0.15) is 26.3 Å². The lowest BCUT2D eigenvalue weighted by molar-refractivity contribution is -0.169. The van der Waals surface area contributed by atoms with E-state index in [4.69, 9.17) is 13.1 Å². The number of allylic oxidation sites excluding steroid dienone is 2. The zero-order valence-corrected chi connectivity index (χ0v) is 31.6. The predicted molar refractivity (Wildman–Crippen MR) is 203 cm³/mol. The second kappa shape index (κ2) is 14.6. The molecule has 6 aromatic heterocycles. The Bertz CT molecular complexity index is 2280. The molecule has 0 amide bonds. The molecule has 0 aliphatic heterocycles. The molecule has 16 heteroatoms. The summed E-state index contributed by atoms with van der Waals surface area (Å²) >= 11 is 8.73. The first-order valence-corrected chi connectivity index (χ1v) is 19.9. The molecule has 0 N–H and O–H groups in total. The van der Waals surface area contributed by atoms with Crippen molar-refractivity contribution in [3.63, 3.8) is 0 Å². The highest BCUT2D eigenvalue weighted by molar-refractivity contribution is 7.36. The molecule has 6 aromatic rings. The van der Waals surface area contributed by atoms with Crippen molar-refractivity contribution in [2.75, 3.05) is 0 Å². The molecule has 2 atom stereocenters. The first kappa shape index (κ1) is 37.5. The van der Waals surface area contributed by atoms with Crippen LogP contribution in [0.5, 0.6) is 0 Å². The monoisotopic (exact) mass is 814 g/mol. The number of hydrogen-bond donors (Lipinski definition) is 0. The molecule has 0 fully saturated rings. The van der Waals surface area contributed by atoms with Gasteiger partial charge in [0, 0.05) is 57.8 Å². The number of fused-ring (bicyclic) bond motifs is 2. The van der Waals surface area contributed by atoms with E-state index in [1.54, 1.807) is 46.9 Å². The fraction of sp³-hybridized carbons (Fsp3) is 0.222. The van der Waals surface area contributed by atoms with Crippen molar-refractivity contribution in [1.82, 2.24) is 0 Å². The Balaban J connectivity index is 1.28. The third-order valence-electron chi connectivity index (χ3n) is 8.00. The van der Waals surface area contributed by atoms with Gasteiger partial charge in [0.05, 0.1) is 37.1 Å². The number of nitrogens with zero attached hydrogens (tertiary/aromatic N) is 4. The van der Waals surface area contributed by atoms with Crippen LogP contribution in [0.1, 0.15) is 34.7 Å². The quantitative estimate of drug-likeness (QED) is 0.0829. The van der Waals surface area contributed by atoms with Gasteiger partial charge in [-0.25, -0.2) is 20.2 Å². The van der Waals surface area contributed by atoms with Gasteiger partial charge in [0.2, 0.25) is 0 Å². The van der Waals surface area contributed by atoms with Gasteiger partial charge >= 0.3 is 12.4 Å². The second-order valence-corrected chi connectivity index (χ2v) is 18.2. The van der Waals surface area contributed by atoms with E-state index in [2.05, 4.69) is 21.8 Å². The molecule has 0 spiro atoms. The zero-order valence-electron chi connectivity index (χ0n) is 26.7. The van der Waals surface area contributed by atoms with Crippen LogP contribution in [0.2, 0.25) is 0 Å². The maximum Gasteiger partial charge on any atom is 0.391 e. The van der Waals surface area contributed by atoms with Crippen molar-refractivity contribution in [2.24, 2.45) is 11.8 Å². The largest absolute Gasteiger partial charge is 0.391 e. The van der Waals surface area contributed by atoms with Gasteiger partial charge in [0.1, 0.15) is 0 Å². The lowest BCUT2D eigenvalue weighted by Gasteiger charge is -2.15. The summed E-state index contributed by atoms with van der Waals surface area (Å²) in [5, 5.41) is 18.5. The fourth-order valence-electron chi connectivity index (χ4n) is 5.17. The van der Waals surface area contributed by atoms with Crippen molar-refractivity contribution in [1.29, 1.82) is 10.5 Å². The third kappa shape index (κ3) is 7.89. The number of alkyl halides is 6. The van der Waals surface area contributed by atoms with Gasteiger partial charge in [-0.1, -0.05) is 13.8 Å². The minimum atomic E-state index is -4.38. The highest BCUT2D eigenvalue weighted by Crippen LogP contribution is 2.49. The van der Waals surface area contributed by atoms with Crippen LogP contribution in [0, 0.1) is 47.6 Å². The number of nitriles is 2. The first-order valence-electron chi connectivity index (χ1n) is 15.0. The standard InChI is InChI=1S/C36H20F6N4S6/c1-17(35(37,38)39)5-19-7-25(47-23(19)9-21(15-43)45-3)27-11-29-31(49-27)13-33(51-29)34-14-32-30(52-34)12-28(50-32)26-8-20(6-18(2)36(40,41)42)24(48-26)10-22(16-44)46-4/h7-14,17-18H,5-6H2,1-2H3/b21-9-,22-10+. The van der Waals surface area contributed by atoms with Gasteiger partial charge in [-0.05, 0) is 72.5 Å². The molecule has 52 heavy (non-hydrogen) atoms. The summed E-state index contributed by atoms with van der Waals surface area (Å²) in [6.07, 6.45) is -6.59. The van der Waals surface area contributed by atoms with Crippen LogP contribution >= 0.6 is 68.0 Å². The molecule has 0 saturated carbocycles. The Kier molecular flexibility index (Phi) is 10.6. The Morgan fingerprint density at radius 3 is 1.13 bits per heavy atom. The van der Waals surface area contributed by atoms with Gasteiger partial charge in [-0.3, -0.25) is 0 Å². The average molecular weight is 815 g/mol. The summed E-state index contributed by atoms with van der Waals surface area (Å²) in [6, 6.07) is 15.2. The van der Waals surface area contributed by atoms with E-state index in [0.717, 1.165) is 61.9 Å². The summed E-state index contributed by atoms with van der Waals surface area (Å²) in [5.41, 5.74) is 0.485. The Labute approximate surface area is 317 Å². The van der Waals surface area contributed by atoms with E-state index in [-0.39, 0.29) is 24.2 Å². The average Bonchev–Trinajstić information content (AvgIpc) is 3.91. The fourth-order valence-corrected chi connectivity index (χ4v) is 12.4. The highest BCUT2D eigenvalue weighted by Gasteiger charge is 2.37. The summed E-state index contributed by atoms with van der Waals surface area (Å²) in [4.78, 5) is 12.6. The van der Waals surface area contributed by atoms with E-state index >= 15 is 0 Å². The Hall–Kier alpha value is -4.26. The number of thiophene rings is 6. The molecular formula is C36H20F6N4S6. The number of hydrogen-bond acceptors (Lipinski definition) is 8. The lowest BCUT2D eigenvalue weighted by Crippen LogP contribution is -2.21. The zero-order chi connectivity index (χ0) is 37.5. The predicted octanol–water partition coefficient (Wildman–Crippen LogP) is 14.4. The molecule has 6 heterocycles. The number of halogens is 6. The molecule has 0 aliphatic carbocycles. The van der Waals surface area contributed by atoms with Crippen molar-refractivity contribution < 1.29 is 26.3 Å². The SMILES string of the molecule is [C-]#[N+]/C(C#N)=C\c1sc(-c2cc3sc(-c4cc5sc(-c6cc(CC(C)C(F)(F)F)c(/C=C(\C#N)[N+]#[C-])s6)cc5s4)cc3s2)cc1CC(C)C(F)(F)F. The van der Waals surface area contributed by atoms with Crippen molar-refractivity contribution >= 4 is 99.0 Å². The molecule has 262 valence electrons. The maximum absolute atomic E-state index is 13.4. The summed E-state index contributed by atoms with van der Waals surface area (Å²) in [5.74, 6) is -3.19. The highest BCUT2D eigenvalue weighted by atomic mass is 32.1. The van der Waals surface area contributed by atoms with Crippen molar-refractivity contribution in [3.8, 4) is 41.4 Å². The molecule has 4 nitrogen and oxygen atoms in total. The third-order valence-corrected chi connectivity index (χ3v) is 15.4. The van der Waals surface area contributed by atoms with E-state index in [0.29, 0.717) is 20.9 Å². The van der Waals surface area contributed by atoms with Crippen LogP contribution in [0.4, 0.5) is 26.3 Å². The van der Waals surface area contributed by atoms with E-state index < -0.39 is 24.2 Å². The van der Waals surface area contributed by atoms with Gasteiger partial charge in [-0.15, -0.1) is 68.0 Å². The molecule has 0 aliphatic rings. The van der Waals surface area contributed by atoms with Crippen LogP contribution in [0.15, 0.2) is 47.8 Å². The van der Waals surface area contributed by atoms with Crippen LogP contribution in [-0.2, 0) is 12.8 Å². The number of rotatable bonds is 9. The molecule has 0 saturated heterocycles. The lowest BCUT2D eigenvalue weighted by atomic mass is 10.0. The van der Waals surface area contributed by atoms with Crippen LogP contribution in [0.25, 0.3) is 69.9 Å². The molecule has 0 radical (unpaired) electrons. The van der Waals surface area contributed by atoms with Crippen LogP contribution < -0.4 is 0 Å². The normalized spacial score (nSPS) is 13.9. The summed E-state index contributed by atoms with van der Waals surface area (Å²) < 4.78 is 84.4. The van der Waals surface area contributed by atoms with Crippen molar-refractivity contribution in [3.05, 3.63) is 91.5 Å². The first-order chi connectivity index (χ1) is 24.6. The van der Waals surface area contributed by atoms with Crippen LogP contribution in [-0.4, -0.2) is 12.4 Å². The molecule has 0 aromatic carbocycles. The van der Waals surface area contributed by atoms with Gasteiger partial charge in [0.25, 0.3) is 11.4 Å². The Morgan fingerprint density at radius 2 is 0.885 bits per heavy atom. The van der Waals surface area contributed by atoms with E-state index in [1.165, 1.54) is 57.5 Å². The topological polar surface area (TPSA) is 56.3 Å². The van der Waals surface area contributed by atoms with E-state index in [1.807, 2.05) is 12.1 Å². The molecule has 0 bridgehead atoms. The minimum Gasteiger partial charge on any atom is -0.227 e. The van der Waals surface area contributed by atoms with Gasteiger partial charge < -0.3 is 0 Å².